The van der Waals surface area contributed by atoms with Gasteiger partial charge in [-0.15, -0.1) is 0 Å². The fraction of sp³-hybridized carbons (Fsp3) is 0.333. The van der Waals surface area contributed by atoms with E-state index in [9.17, 15) is 9.90 Å². The summed E-state index contributed by atoms with van der Waals surface area (Å²) >= 11 is 3.24. The number of fused-ring (bicyclic) bond motifs is 1. The van der Waals surface area contributed by atoms with Crippen LogP contribution in [0.3, 0.4) is 0 Å². The van der Waals surface area contributed by atoms with Crippen LogP contribution in [0.25, 0.3) is 11.5 Å². The number of aryl methyl sites for hydroxylation is 1. The molecule has 5 nitrogen and oxygen atoms in total. The van der Waals surface area contributed by atoms with Crippen LogP contribution in [0.5, 0.6) is 0 Å². The Morgan fingerprint density at radius 3 is 3.06 bits per heavy atom. The minimum atomic E-state index is -0.811. The first-order valence-electron chi connectivity index (χ1n) is 5.71. The third-order valence-electron chi connectivity index (χ3n) is 3.13. The first kappa shape index (κ1) is 11.5. The van der Waals surface area contributed by atoms with Crippen LogP contribution in [0, 0.1) is 0 Å². The summed E-state index contributed by atoms with van der Waals surface area (Å²) in [6.45, 7) is 0.813. The molecule has 0 spiro atoms. The topological polar surface area (TPSA) is 68.3 Å². The number of furan rings is 1. The van der Waals surface area contributed by atoms with Gasteiger partial charge >= 0.3 is 5.97 Å². The van der Waals surface area contributed by atoms with Crippen LogP contribution in [0.1, 0.15) is 24.6 Å². The Morgan fingerprint density at radius 1 is 1.56 bits per heavy atom. The fourth-order valence-corrected chi connectivity index (χ4v) is 2.59. The number of imidazole rings is 1. The Hall–Kier alpha value is -1.56. The third kappa shape index (κ3) is 1.86. The highest BCUT2D eigenvalue weighted by atomic mass is 79.9. The van der Waals surface area contributed by atoms with Gasteiger partial charge in [0.05, 0.1) is 0 Å². The summed E-state index contributed by atoms with van der Waals surface area (Å²) < 4.78 is 7.98. The molecular formula is C12H11BrN2O3. The smallest absolute Gasteiger partial charge is 0.314 e. The highest BCUT2D eigenvalue weighted by molar-refractivity contribution is 9.10. The van der Waals surface area contributed by atoms with Gasteiger partial charge in [0, 0.05) is 12.7 Å². The molecule has 0 aliphatic carbocycles. The van der Waals surface area contributed by atoms with E-state index in [0.717, 1.165) is 13.0 Å². The molecule has 0 saturated heterocycles. The van der Waals surface area contributed by atoms with E-state index in [4.69, 9.17) is 4.42 Å². The van der Waals surface area contributed by atoms with Gasteiger partial charge in [-0.25, -0.2) is 4.98 Å². The number of carboxylic acids is 1. The molecule has 0 radical (unpaired) electrons. The Bertz CT molecular complexity index is 602. The van der Waals surface area contributed by atoms with Crippen molar-refractivity contribution in [3.63, 3.8) is 0 Å². The average molecular weight is 311 g/mol. The van der Waals surface area contributed by atoms with Crippen molar-refractivity contribution in [2.24, 2.45) is 0 Å². The van der Waals surface area contributed by atoms with Gasteiger partial charge in [0.25, 0.3) is 0 Å². The summed E-state index contributed by atoms with van der Waals surface area (Å²) in [6, 6.07) is 3.61. The molecule has 1 aliphatic heterocycles. The summed E-state index contributed by atoms with van der Waals surface area (Å²) in [5.41, 5.74) is 0.684. The predicted octanol–water partition coefficient (Wildman–Crippen LogP) is 2.87. The Labute approximate surface area is 112 Å². The molecule has 0 amide bonds. The van der Waals surface area contributed by atoms with Crippen molar-refractivity contribution >= 4 is 21.9 Å². The van der Waals surface area contributed by atoms with E-state index >= 15 is 0 Å². The van der Waals surface area contributed by atoms with Crippen molar-refractivity contribution in [2.75, 3.05) is 0 Å². The molecule has 6 heteroatoms. The monoisotopic (exact) mass is 310 g/mol. The molecule has 94 valence electrons. The number of hydrogen-bond acceptors (Lipinski definition) is 3. The van der Waals surface area contributed by atoms with Crippen LogP contribution in [0.15, 0.2) is 27.4 Å². The predicted molar refractivity (Wildman–Crippen MR) is 67.2 cm³/mol. The highest BCUT2D eigenvalue weighted by Crippen LogP contribution is 2.31. The molecule has 3 heterocycles. The van der Waals surface area contributed by atoms with Crippen LogP contribution < -0.4 is 0 Å². The fourth-order valence-electron chi connectivity index (χ4n) is 2.29. The largest absolute Gasteiger partial charge is 0.481 e. The standard InChI is InChI=1S/C12H11BrN2O3/c13-10-4-3-9(18-10)8-6-15-5-1-2-7(12(16)17)11(15)14-8/h3-4,6-7H,1-2,5H2,(H,16,17). The number of hydrogen-bond donors (Lipinski definition) is 1. The molecular weight excluding hydrogens is 300 g/mol. The Morgan fingerprint density at radius 2 is 2.39 bits per heavy atom. The highest BCUT2D eigenvalue weighted by Gasteiger charge is 2.29. The molecule has 1 atom stereocenters. The molecule has 18 heavy (non-hydrogen) atoms. The lowest BCUT2D eigenvalue weighted by atomic mass is 9.99. The molecule has 2 aromatic rings. The zero-order valence-corrected chi connectivity index (χ0v) is 11.1. The molecule has 0 aromatic carbocycles. The maximum Gasteiger partial charge on any atom is 0.314 e. The molecule has 0 bridgehead atoms. The lowest BCUT2D eigenvalue weighted by Gasteiger charge is -2.19. The van der Waals surface area contributed by atoms with Gasteiger partial charge in [-0.2, -0.15) is 0 Å². The van der Waals surface area contributed by atoms with Crippen LogP contribution in [-0.4, -0.2) is 20.6 Å². The Kier molecular flexibility index (Phi) is 2.74. The van der Waals surface area contributed by atoms with E-state index < -0.39 is 11.9 Å². The van der Waals surface area contributed by atoms with E-state index in [0.29, 0.717) is 28.4 Å². The normalized spacial score (nSPS) is 18.6. The zero-order valence-electron chi connectivity index (χ0n) is 9.47. The number of rotatable bonds is 2. The molecule has 1 aliphatic rings. The molecule has 0 fully saturated rings. The minimum Gasteiger partial charge on any atom is -0.481 e. The second kappa shape index (κ2) is 4.28. The first-order chi connectivity index (χ1) is 8.65. The van der Waals surface area contributed by atoms with Gasteiger partial charge in [0.1, 0.15) is 17.4 Å². The van der Waals surface area contributed by atoms with Gasteiger partial charge in [0.15, 0.2) is 10.4 Å². The lowest BCUT2D eigenvalue weighted by Crippen LogP contribution is -2.21. The molecule has 0 saturated carbocycles. The molecule has 3 rings (SSSR count). The van der Waals surface area contributed by atoms with Gasteiger partial charge in [-0.1, -0.05) is 0 Å². The Balaban J connectivity index is 2.03. The van der Waals surface area contributed by atoms with Crippen molar-refractivity contribution in [3.8, 4) is 11.5 Å². The van der Waals surface area contributed by atoms with Crippen molar-refractivity contribution in [1.29, 1.82) is 0 Å². The van der Waals surface area contributed by atoms with Crippen LogP contribution in [0.4, 0.5) is 0 Å². The summed E-state index contributed by atoms with van der Waals surface area (Å²) in [4.78, 5) is 15.6. The van der Waals surface area contributed by atoms with Crippen molar-refractivity contribution in [2.45, 2.75) is 25.3 Å². The number of carbonyl (C=O) groups is 1. The molecule has 2 aromatic heterocycles. The van der Waals surface area contributed by atoms with Crippen LogP contribution in [0.2, 0.25) is 0 Å². The van der Waals surface area contributed by atoms with E-state index in [-0.39, 0.29) is 0 Å². The summed E-state index contributed by atoms with van der Waals surface area (Å²) in [5, 5.41) is 9.18. The third-order valence-corrected chi connectivity index (χ3v) is 3.56. The number of aromatic nitrogens is 2. The second-order valence-corrected chi connectivity index (χ2v) is 5.10. The van der Waals surface area contributed by atoms with E-state index in [1.165, 1.54) is 0 Å². The number of carboxylic acid groups (broad SMARTS) is 1. The van der Waals surface area contributed by atoms with E-state index in [1.807, 2.05) is 16.8 Å². The quantitative estimate of drug-likeness (QED) is 0.926. The maximum absolute atomic E-state index is 11.2. The van der Waals surface area contributed by atoms with Crippen molar-refractivity contribution < 1.29 is 14.3 Å². The summed E-state index contributed by atoms with van der Waals surface area (Å²) in [5.74, 6) is -0.0520. The van der Waals surface area contributed by atoms with Crippen molar-refractivity contribution in [1.82, 2.24) is 9.55 Å². The number of nitrogens with zero attached hydrogens (tertiary/aromatic N) is 2. The molecule has 1 N–H and O–H groups in total. The van der Waals surface area contributed by atoms with Crippen molar-refractivity contribution in [3.05, 3.63) is 28.8 Å². The van der Waals surface area contributed by atoms with Crippen LogP contribution >= 0.6 is 15.9 Å². The summed E-state index contributed by atoms with van der Waals surface area (Å²) in [7, 11) is 0. The number of aliphatic carboxylic acids is 1. The first-order valence-corrected chi connectivity index (χ1v) is 6.50. The molecule has 1 unspecified atom stereocenters. The average Bonchev–Trinajstić information content (AvgIpc) is 2.93. The zero-order chi connectivity index (χ0) is 12.7. The minimum absolute atomic E-state index is 0.508. The van der Waals surface area contributed by atoms with E-state index in [1.54, 1.807) is 6.07 Å². The van der Waals surface area contributed by atoms with Gasteiger partial charge in [0.2, 0.25) is 0 Å². The maximum atomic E-state index is 11.2. The second-order valence-electron chi connectivity index (χ2n) is 4.31. The lowest BCUT2D eigenvalue weighted by molar-refractivity contribution is -0.139. The summed E-state index contributed by atoms with van der Waals surface area (Å²) in [6.07, 6.45) is 3.37. The SMILES string of the molecule is O=C(O)C1CCCn2cc(-c3ccc(Br)o3)nc21. The van der Waals surface area contributed by atoms with Gasteiger partial charge < -0.3 is 14.1 Å². The van der Waals surface area contributed by atoms with E-state index in [2.05, 4.69) is 20.9 Å². The number of halogens is 1. The van der Waals surface area contributed by atoms with Crippen LogP contribution in [-0.2, 0) is 11.3 Å². The van der Waals surface area contributed by atoms with Gasteiger partial charge in [-0.05, 0) is 40.9 Å². The van der Waals surface area contributed by atoms with Gasteiger partial charge in [-0.3, -0.25) is 4.79 Å².